The Kier molecular flexibility index (Phi) is 3.60. The first kappa shape index (κ1) is 14.0. The lowest BCUT2D eigenvalue weighted by Gasteiger charge is -2.08. The van der Waals surface area contributed by atoms with Gasteiger partial charge in [0.05, 0.1) is 5.02 Å². The highest BCUT2D eigenvalue weighted by atomic mass is 79.9. The van der Waals surface area contributed by atoms with Crippen LogP contribution in [0.15, 0.2) is 40.9 Å². The Morgan fingerprint density at radius 1 is 1.24 bits per heavy atom. The predicted octanol–water partition coefficient (Wildman–Crippen LogP) is 3.47. The lowest BCUT2D eigenvalue weighted by Crippen LogP contribution is -2.04. The first-order valence-corrected chi connectivity index (χ1v) is 7.03. The minimum Gasteiger partial charge on any atom is -0.398 e. The summed E-state index contributed by atoms with van der Waals surface area (Å²) in [7, 11) is 0. The number of tetrazole rings is 1. The van der Waals surface area contributed by atoms with Crippen LogP contribution in [-0.4, -0.2) is 20.2 Å². The second kappa shape index (κ2) is 5.42. The van der Waals surface area contributed by atoms with E-state index in [9.17, 15) is 4.39 Å². The number of benzene rings is 2. The molecule has 0 spiro atoms. The average molecular weight is 369 g/mol. The molecule has 1 aromatic heterocycles. The topological polar surface area (TPSA) is 69.6 Å². The van der Waals surface area contributed by atoms with Crippen molar-refractivity contribution in [2.24, 2.45) is 0 Å². The fourth-order valence-corrected chi connectivity index (χ4v) is 2.38. The number of para-hydroxylation sites is 1. The van der Waals surface area contributed by atoms with Crippen molar-refractivity contribution in [2.45, 2.75) is 0 Å². The van der Waals surface area contributed by atoms with Crippen molar-refractivity contribution in [1.82, 2.24) is 20.2 Å². The normalized spacial score (nSPS) is 10.8. The summed E-state index contributed by atoms with van der Waals surface area (Å²) in [6.45, 7) is 0. The Hall–Kier alpha value is -1.99. The van der Waals surface area contributed by atoms with Crippen molar-refractivity contribution in [3.05, 3.63) is 51.7 Å². The van der Waals surface area contributed by atoms with Crippen LogP contribution in [-0.2, 0) is 0 Å². The molecule has 2 N–H and O–H groups in total. The Morgan fingerprint density at radius 3 is 2.76 bits per heavy atom. The average Bonchev–Trinajstić information content (AvgIpc) is 2.91. The van der Waals surface area contributed by atoms with Crippen LogP contribution in [0.5, 0.6) is 0 Å². The molecule has 5 nitrogen and oxygen atoms in total. The molecular formula is C13H8BrClFN5. The molecule has 0 aliphatic heterocycles. The van der Waals surface area contributed by atoms with Crippen molar-refractivity contribution < 1.29 is 4.39 Å². The third-order valence-corrected chi connectivity index (χ3v) is 3.90. The monoisotopic (exact) mass is 367 g/mol. The van der Waals surface area contributed by atoms with Crippen molar-refractivity contribution in [3.8, 4) is 17.1 Å². The fourth-order valence-electron chi connectivity index (χ4n) is 1.89. The lowest BCUT2D eigenvalue weighted by molar-refractivity contribution is 0.608. The van der Waals surface area contributed by atoms with E-state index < -0.39 is 5.82 Å². The molecule has 0 aliphatic rings. The van der Waals surface area contributed by atoms with Crippen molar-refractivity contribution >= 4 is 33.2 Å². The zero-order valence-corrected chi connectivity index (χ0v) is 12.8. The van der Waals surface area contributed by atoms with E-state index in [0.717, 1.165) is 4.47 Å². The molecule has 0 saturated heterocycles. The smallest absolute Gasteiger partial charge is 0.187 e. The van der Waals surface area contributed by atoms with Crippen LogP contribution >= 0.6 is 27.5 Å². The van der Waals surface area contributed by atoms with Crippen LogP contribution in [0, 0.1) is 5.82 Å². The molecule has 2 aromatic carbocycles. The quantitative estimate of drug-likeness (QED) is 0.703. The number of anilines is 1. The molecule has 0 aliphatic carbocycles. The van der Waals surface area contributed by atoms with Crippen LogP contribution in [0.25, 0.3) is 17.1 Å². The van der Waals surface area contributed by atoms with Gasteiger partial charge in [0, 0.05) is 15.7 Å². The van der Waals surface area contributed by atoms with Gasteiger partial charge in [0.25, 0.3) is 0 Å². The highest BCUT2D eigenvalue weighted by Crippen LogP contribution is 2.29. The van der Waals surface area contributed by atoms with Crippen LogP contribution in [0.3, 0.4) is 0 Å². The number of rotatable bonds is 2. The Labute approximate surface area is 132 Å². The standard InChI is InChI=1S/C13H8BrClFN5/c14-8-5-4-7(6-11(8)17)13-18-19-20-21(13)12-9(15)2-1-3-10(12)16/h1-6H,17H2. The summed E-state index contributed by atoms with van der Waals surface area (Å²) in [4.78, 5) is 0. The van der Waals surface area contributed by atoms with Crippen LogP contribution in [0.1, 0.15) is 0 Å². The molecule has 0 unspecified atom stereocenters. The minimum absolute atomic E-state index is 0.0978. The van der Waals surface area contributed by atoms with Gasteiger partial charge in [-0.25, -0.2) is 4.39 Å². The summed E-state index contributed by atoms with van der Waals surface area (Å²) in [5.74, 6) is -0.165. The van der Waals surface area contributed by atoms with Gasteiger partial charge in [-0.05, 0) is 56.7 Å². The molecule has 8 heteroatoms. The van der Waals surface area contributed by atoms with E-state index in [1.807, 2.05) is 0 Å². The molecule has 3 rings (SSSR count). The third-order valence-electron chi connectivity index (χ3n) is 2.87. The Bertz CT molecular complexity index is 800. The lowest BCUT2D eigenvalue weighted by atomic mass is 10.2. The van der Waals surface area contributed by atoms with Crippen LogP contribution in [0.4, 0.5) is 10.1 Å². The van der Waals surface area contributed by atoms with Gasteiger partial charge in [-0.2, -0.15) is 4.68 Å². The van der Waals surface area contributed by atoms with Crippen LogP contribution < -0.4 is 5.73 Å². The highest BCUT2D eigenvalue weighted by molar-refractivity contribution is 9.10. The molecule has 0 bridgehead atoms. The minimum atomic E-state index is -0.513. The fraction of sp³-hybridized carbons (Fsp3) is 0. The van der Waals surface area contributed by atoms with Crippen molar-refractivity contribution in [1.29, 1.82) is 0 Å². The first-order valence-electron chi connectivity index (χ1n) is 5.86. The first-order chi connectivity index (χ1) is 10.1. The molecule has 1 heterocycles. The largest absolute Gasteiger partial charge is 0.398 e. The number of nitrogens with two attached hydrogens (primary N) is 1. The zero-order valence-electron chi connectivity index (χ0n) is 10.5. The van der Waals surface area contributed by atoms with E-state index in [-0.39, 0.29) is 10.7 Å². The maximum atomic E-state index is 14.0. The van der Waals surface area contributed by atoms with Gasteiger partial charge < -0.3 is 5.73 Å². The number of hydrogen-bond acceptors (Lipinski definition) is 4. The number of nitrogen functional groups attached to an aromatic ring is 1. The maximum absolute atomic E-state index is 14.0. The van der Waals surface area contributed by atoms with Crippen molar-refractivity contribution in [2.75, 3.05) is 5.73 Å². The van der Waals surface area contributed by atoms with E-state index >= 15 is 0 Å². The van der Waals surface area contributed by atoms with E-state index in [2.05, 4.69) is 31.5 Å². The Balaban J connectivity index is 2.20. The number of nitrogens with zero attached hydrogens (tertiary/aromatic N) is 4. The van der Waals surface area contributed by atoms with E-state index in [1.165, 1.54) is 16.8 Å². The van der Waals surface area contributed by atoms with E-state index in [1.54, 1.807) is 24.3 Å². The Morgan fingerprint density at radius 2 is 2.05 bits per heavy atom. The molecule has 0 radical (unpaired) electrons. The van der Waals surface area contributed by atoms with Gasteiger partial charge in [-0.3, -0.25) is 0 Å². The summed E-state index contributed by atoms with van der Waals surface area (Å²) < 4.78 is 16.0. The maximum Gasteiger partial charge on any atom is 0.187 e. The molecular weight excluding hydrogens is 361 g/mol. The number of halogens is 3. The highest BCUT2D eigenvalue weighted by Gasteiger charge is 2.17. The third kappa shape index (κ3) is 2.50. The summed E-state index contributed by atoms with van der Waals surface area (Å²) in [5.41, 5.74) is 7.13. The molecule has 0 amide bonds. The second-order valence-electron chi connectivity index (χ2n) is 4.22. The molecule has 106 valence electrons. The number of hydrogen-bond donors (Lipinski definition) is 1. The van der Waals surface area contributed by atoms with Gasteiger partial charge in [0.1, 0.15) is 5.69 Å². The van der Waals surface area contributed by atoms with Gasteiger partial charge in [0.2, 0.25) is 0 Å². The molecule has 0 fully saturated rings. The van der Waals surface area contributed by atoms with Gasteiger partial charge in [-0.15, -0.1) is 5.10 Å². The second-order valence-corrected chi connectivity index (χ2v) is 5.48. The molecule has 0 saturated carbocycles. The molecule has 0 atom stereocenters. The van der Waals surface area contributed by atoms with E-state index in [0.29, 0.717) is 17.1 Å². The summed E-state index contributed by atoms with van der Waals surface area (Å²) >= 11 is 9.36. The summed E-state index contributed by atoms with van der Waals surface area (Å²) in [5, 5.41) is 11.5. The zero-order chi connectivity index (χ0) is 15.0. The van der Waals surface area contributed by atoms with Gasteiger partial charge >= 0.3 is 0 Å². The molecule has 3 aromatic rings. The van der Waals surface area contributed by atoms with E-state index in [4.69, 9.17) is 17.3 Å². The number of aromatic nitrogens is 4. The SMILES string of the molecule is Nc1cc(-c2nnnn2-c2c(F)cccc2Cl)ccc1Br. The molecule has 21 heavy (non-hydrogen) atoms. The van der Waals surface area contributed by atoms with Gasteiger partial charge in [0.15, 0.2) is 11.6 Å². The van der Waals surface area contributed by atoms with Crippen molar-refractivity contribution in [3.63, 3.8) is 0 Å². The van der Waals surface area contributed by atoms with Gasteiger partial charge in [-0.1, -0.05) is 17.7 Å². The predicted molar refractivity (Wildman–Crippen MR) is 81.7 cm³/mol. The summed E-state index contributed by atoms with van der Waals surface area (Å²) in [6.07, 6.45) is 0. The van der Waals surface area contributed by atoms with Crippen LogP contribution in [0.2, 0.25) is 5.02 Å². The summed E-state index contributed by atoms with van der Waals surface area (Å²) in [6, 6.07) is 9.62.